The van der Waals surface area contributed by atoms with Gasteiger partial charge in [-0.3, -0.25) is 4.79 Å². The monoisotopic (exact) mass is 333 g/mol. The molecule has 0 radical (unpaired) electrons. The molecule has 0 bridgehead atoms. The molecule has 3 rings (SSSR count). The van der Waals surface area contributed by atoms with Crippen LogP contribution in [0, 0.1) is 6.92 Å². The summed E-state index contributed by atoms with van der Waals surface area (Å²) < 4.78 is 10.9. The maximum atomic E-state index is 12.9. The molecule has 5 nitrogen and oxygen atoms in total. The zero-order valence-corrected chi connectivity index (χ0v) is 14.0. The van der Waals surface area contributed by atoms with E-state index in [1.807, 2.05) is 31.2 Å². The highest BCUT2D eigenvalue weighted by molar-refractivity contribution is 7.99. The largest absolute Gasteiger partial charge is 0.464 e. The van der Waals surface area contributed by atoms with Crippen molar-refractivity contribution >= 4 is 34.6 Å². The van der Waals surface area contributed by atoms with E-state index in [0.29, 0.717) is 30.2 Å². The van der Waals surface area contributed by atoms with Crippen molar-refractivity contribution in [1.82, 2.24) is 4.90 Å². The second-order valence-corrected chi connectivity index (χ2v) is 6.54. The van der Waals surface area contributed by atoms with E-state index in [4.69, 9.17) is 9.15 Å². The number of benzene rings is 1. The van der Waals surface area contributed by atoms with E-state index >= 15 is 0 Å². The van der Waals surface area contributed by atoms with Crippen LogP contribution in [0.25, 0.3) is 11.0 Å². The Hall–Kier alpha value is -1.95. The number of thioether (sulfide) groups is 1. The Labute approximate surface area is 139 Å². The molecular weight excluding hydrogens is 314 g/mol. The number of furan rings is 1. The predicted octanol–water partition coefficient (Wildman–Crippen LogP) is 2.86. The van der Waals surface area contributed by atoms with Gasteiger partial charge in [0.1, 0.15) is 11.6 Å². The number of rotatable bonds is 3. The highest BCUT2D eigenvalue weighted by Gasteiger charge is 2.36. The number of fused-ring (bicyclic) bond motifs is 1. The molecule has 1 aliphatic heterocycles. The molecule has 1 amide bonds. The first-order chi connectivity index (χ1) is 11.1. The minimum atomic E-state index is -0.547. The molecule has 1 aromatic heterocycles. The molecule has 0 N–H and O–H groups in total. The molecule has 2 heterocycles. The number of ether oxygens (including phenoxy) is 1. The fourth-order valence-corrected chi connectivity index (χ4v) is 3.82. The smallest absolute Gasteiger partial charge is 0.329 e. The first-order valence-corrected chi connectivity index (χ1v) is 8.82. The summed E-state index contributed by atoms with van der Waals surface area (Å²) in [4.78, 5) is 26.6. The molecule has 6 heteroatoms. The summed E-state index contributed by atoms with van der Waals surface area (Å²) in [5.74, 6) is 1.09. The Morgan fingerprint density at radius 3 is 2.91 bits per heavy atom. The van der Waals surface area contributed by atoms with Gasteiger partial charge in [0.25, 0.3) is 5.91 Å². The molecule has 0 aliphatic carbocycles. The van der Waals surface area contributed by atoms with Crippen molar-refractivity contribution < 1.29 is 18.7 Å². The number of carbonyl (C=O) groups excluding carboxylic acids is 2. The van der Waals surface area contributed by atoms with Crippen molar-refractivity contribution in [2.24, 2.45) is 0 Å². The third kappa shape index (κ3) is 2.95. The van der Waals surface area contributed by atoms with E-state index in [9.17, 15) is 9.59 Å². The highest BCUT2D eigenvalue weighted by Crippen LogP contribution is 2.28. The van der Waals surface area contributed by atoms with E-state index in [-0.39, 0.29) is 11.9 Å². The van der Waals surface area contributed by atoms with Crippen molar-refractivity contribution in [2.75, 3.05) is 24.7 Å². The lowest BCUT2D eigenvalue weighted by Crippen LogP contribution is -2.51. The lowest BCUT2D eigenvalue weighted by molar-refractivity contribution is -0.147. The van der Waals surface area contributed by atoms with Crippen LogP contribution in [0.15, 0.2) is 28.7 Å². The molecule has 1 atom stereocenters. The van der Waals surface area contributed by atoms with Gasteiger partial charge in [-0.05, 0) is 19.9 Å². The maximum Gasteiger partial charge on any atom is 0.329 e. The van der Waals surface area contributed by atoms with Crippen LogP contribution in [-0.2, 0) is 9.53 Å². The Morgan fingerprint density at radius 1 is 1.39 bits per heavy atom. The molecule has 1 fully saturated rings. The zero-order valence-electron chi connectivity index (χ0n) is 13.2. The van der Waals surface area contributed by atoms with Gasteiger partial charge in [0.15, 0.2) is 5.76 Å². The summed E-state index contributed by atoms with van der Waals surface area (Å²) >= 11 is 1.66. The number of para-hydroxylation sites is 1. The van der Waals surface area contributed by atoms with Crippen molar-refractivity contribution in [3.8, 4) is 0 Å². The Balaban J connectivity index is 1.93. The van der Waals surface area contributed by atoms with Gasteiger partial charge in [-0.1, -0.05) is 18.2 Å². The van der Waals surface area contributed by atoms with E-state index in [1.165, 1.54) is 0 Å². The van der Waals surface area contributed by atoms with Crippen LogP contribution < -0.4 is 0 Å². The van der Waals surface area contributed by atoms with Crippen LogP contribution in [0.3, 0.4) is 0 Å². The average molecular weight is 333 g/mol. The van der Waals surface area contributed by atoms with Crippen LogP contribution in [0.4, 0.5) is 0 Å². The second-order valence-electron chi connectivity index (χ2n) is 5.39. The number of esters is 1. The first-order valence-electron chi connectivity index (χ1n) is 7.67. The summed E-state index contributed by atoms with van der Waals surface area (Å²) in [7, 11) is 0. The van der Waals surface area contributed by atoms with Crippen LogP contribution in [0.2, 0.25) is 0 Å². The second kappa shape index (κ2) is 6.66. The Kier molecular flexibility index (Phi) is 4.61. The molecule has 2 aromatic rings. The molecule has 0 saturated carbocycles. The fraction of sp³-hybridized carbons (Fsp3) is 0.412. The lowest BCUT2D eigenvalue weighted by Gasteiger charge is -2.33. The number of hydrogen-bond acceptors (Lipinski definition) is 5. The summed E-state index contributed by atoms with van der Waals surface area (Å²) in [6.45, 7) is 4.47. The van der Waals surface area contributed by atoms with Gasteiger partial charge in [0.2, 0.25) is 0 Å². The number of carbonyl (C=O) groups is 2. The highest BCUT2D eigenvalue weighted by atomic mass is 32.2. The van der Waals surface area contributed by atoms with Crippen molar-refractivity contribution in [2.45, 2.75) is 19.9 Å². The van der Waals surface area contributed by atoms with Crippen molar-refractivity contribution in [1.29, 1.82) is 0 Å². The Morgan fingerprint density at radius 2 is 2.17 bits per heavy atom. The normalized spacial score (nSPS) is 18.2. The Bertz CT molecular complexity index is 739. The van der Waals surface area contributed by atoms with Crippen LogP contribution >= 0.6 is 11.8 Å². The van der Waals surface area contributed by atoms with Gasteiger partial charge in [0.05, 0.1) is 6.61 Å². The summed E-state index contributed by atoms with van der Waals surface area (Å²) in [6.07, 6.45) is 0. The summed E-state index contributed by atoms with van der Waals surface area (Å²) in [5.41, 5.74) is 1.50. The van der Waals surface area contributed by atoms with Crippen molar-refractivity contribution in [3.63, 3.8) is 0 Å². The van der Waals surface area contributed by atoms with E-state index < -0.39 is 6.04 Å². The minimum Gasteiger partial charge on any atom is -0.464 e. The maximum absolute atomic E-state index is 12.9. The van der Waals surface area contributed by atoms with Gasteiger partial charge in [0, 0.05) is 29.0 Å². The van der Waals surface area contributed by atoms with E-state index in [1.54, 1.807) is 23.6 Å². The van der Waals surface area contributed by atoms with E-state index in [2.05, 4.69) is 0 Å². The van der Waals surface area contributed by atoms with Crippen LogP contribution in [0.1, 0.15) is 23.0 Å². The third-order valence-corrected chi connectivity index (χ3v) is 5.01. The zero-order chi connectivity index (χ0) is 16.4. The molecule has 1 unspecified atom stereocenters. The number of hydrogen-bond donors (Lipinski definition) is 0. The summed E-state index contributed by atoms with van der Waals surface area (Å²) in [5, 5.41) is 0.926. The van der Waals surface area contributed by atoms with Gasteiger partial charge in [-0.25, -0.2) is 4.79 Å². The molecule has 1 aromatic carbocycles. The van der Waals surface area contributed by atoms with E-state index in [0.717, 1.165) is 16.7 Å². The molecular formula is C17H19NO4S. The SMILES string of the molecule is CCOC(=O)C1CSCCN1C(=O)c1oc2ccccc2c1C. The molecule has 1 aliphatic rings. The first kappa shape index (κ1) is 15.9. The van der Waals surface area contributed by atoms with Gasteiger partial charge < -0.3 is 14.1 Å². The summed E-state index contributed by atoms with van der Waals surface area (Å²) in [6, 6.07) is 7.01. The number of nitrogens with zero attached hydrogens (tertiary/aromatic N) is 1. The van der Waals surface area contributed by atoms with Gasteiger partial charge in [-0.15, -0.1) is 0 Å². The average Bonchev–Trinajstić information content (AvgIpc) is 2.92. The predicted molar refractivity (Wildman–Crippen MR) is 89.7 cm³/mol. The fourth-order valence-electron chi connectivity index (χ4n) is 2.79. The standard InChI is InChI=1S/C17H19NO4S/c1-3-21-17(20)13-10-23-9-8-18(13)16(19)15-11(2)12-6-4-5-7-14(12)22-15/h4-7,13H,3,8-10H2,1-2H3. The molecule has 23 heavy (non-hydrogen) atoms. The third-order valence-electron chi connectivity index (χ3n) is 3.99. The topological polar surface area (TPSA) is 59.8 Å². The molecule has 0 spiro atoms. The quantitative estimate of drug-likeness (QED) is 0.808. The molecule has 122 valence electrons. The molecule has 1 saturated heterocycles. The number of amides is 1. The van der Waals surface area contributed by atoms with Crippen molar-refractivity contribution in [3.05, 3.63) is 35.6 Å². The lowest BCUT2D eigenvalue weighted by atomic mass is 10.1. The van der Waals surface area contributed by atoms with Gasteiger partial charge in [-0.2, -0.15) is 11.8 Å². The minimum absolute atomic E-state index is 0.239. The van der Waals surface area contributed by atoms with Gasteiger partial charge >= 0.3 is 5.97 Å². The number of aryl methyl sites for hydroxylation is 1. The van der Waals surface area contributed by atoms with Crippen LogP contribution in [0.5, 0.6) is 0 Å². The van der Waals surface area contributed by atoms with Crippen LogP contribution in [-0.4, -0.2) is 47.5 Å².